The van der Waals surface area contributed by atoms with Crippen molar-refractivity contribution in [2.75, 3.05) is 0 Å². The summed E-state index contributed by atoms with van der Waals surface area (Å²) in [7, 11) is -2.61. The van der Waals surface area contributed by atoms with Crippen molar-refractivity contribution in [3.05, 3.63) is 57.4 Å². The summed E-state index contributed by atoms with van der Waals surface area (Å²) in [5.41, 5.74) is 0.118. The standard InChI is InChI=1S/C34H42N2O9Si/c1-10-34(44-29(38)19(2)16-33(6,7)46(8,9)41)24-15-26-27-21(17-36(26)28(37)23(24)18-42-30(34)39)13-20-14-22(11-12-25(20)35-27)43-31(40)45-32(3,4)5/h11-15,19,41H,10,16-18H2,1-9H3/t19-,34-/m0/s1. The predicted molar refractivity (Wildman–Crippen MR) is 173 cm³/mol. The van der Waals surface area contributed by atoms with Crippen LogP contribution in [0.4, 0.5) is 4.79 Å². The van der Waals surface area contributed by atoms with Gasteiger partial charge >= 0.3 is 18.1 Å². The van der Waals surface area contributed by atoms with Crippen LogP contribution in [0.1, 0.15) is 78.0 Å². The molecule has 246 valence electrons. The first-order chi connectivity index (χ1) is 21.3. The molecule has 0 unspecified atom stereocenters. The maximum absolute atomic E-state index is 13.9. The number of carbonyl (C=O) groups excluding carboxylic acids is 3. The van der Waals surface area contributed by atoms with Crippen LogP contribution in [0.3, 0.4) is 0 Å². The summed E-state index contributed by atoms with van der Waals surface area (Å²) in [5.74, 6) is -1.67. The zero-order valence-electron chi connectivity index (χ0n) is 27.9. The lowest BCUT2D eigenvalue weighted by Gasteiger charge is -2.39. The molecule has 0 amide bonds. The second-order valence-corrected chi connectivity index (χ2v) is 18.9. The summed E-state index contributed by atoms with van der Waals surface area (Å²) in [4.78, 5) is 68.6. The lowest BCUT2D eigenvalue weighted by molar-refractivity contribution is -0.192. The Labute approximate surface area is 269 Å². The first-order valence-corrected chi connectivity index (χ1v) is 18.5. The topological polar surface area (TPSA) is 143 Å². The van der Waals surface area contributed by atoms with Gasteiger partial charge in [0.2, 0.25) is 5.60 Å². The van der Waals surface area contributed by atoms with E-state index in [2.05, 4.69) is 0 Å². The Morgan fingerprint density at radius 2 is 1.83 bits per heavy atom. The van der Waals surface area contributed by atoms with Crippen molar-refractivity contribution in [1.82, 2.24) is 9.55 Å². The minimum atomic E-state index is -2.61. The van der Waals surface area contributed by atoms with E-state index in [4.69, 9.17) is 23.9 Å². The van der Waals surface area contributed by atoms with Crippen molar-refractivity contribution >= 4 is 37.3 Å². The predicted octanol–water partition coefficient (Wildman–Crippen LogP) is 5.95. The maximum atomic E-state index is 13.9. The van der Waals surface area contributed by atoms with Crippen molar-refractivity contribution in [2.24, 2.45) is 5.92 Å². The summed E-state index contributed by atoms with van der Waals surface area (Å²) in [6.45, 7) is 16.2. The molecule has 46 heavy (non-hydrogen) atoms. The number of hydrogen-bond acceptors (Lipinski definition) is 10. The smallest absolute Gasteiger partial charge is 0.457 e. The largest absolute Gasteiger partial charge is 0.514 e. The average molecular weight is 651 g/mol. The summed E-state index contributed by atoms with van der Waals surface area (Å²) in [6.07, 6.45) is -0.396. The highest BCUT2D eigenvalue weighted by Gasteiger charge is 2.51. The number of carbonyl (C=O) groups is 3. The molecule has 1 N–H and O–H groups in total. The van der Waals surface area contributed by atoms with Gasteiger partial charge in [0, 0.05) is 16.5 Å². The highest BCUT2D eigenvalue weighted by atomic mass is 28.4. The number of esters is 2. The van der Waals surface area contributed by atoms with E-state index in [1.54, 1.807) is 63.5 Å². The summed E-state index contributed by atoms with van der Waals surface area (Å²) < 4.78 is 23.7. The molecule has 5 rings (SSSR count). The summed E-state index contributed by atoms with van der Waals surface area (Å²) in [6, 6.07) is 8.61. The van der Waals surface area contributed by atoms with E-state index < -0.39 is 48.6 Å². The van der Waals surface area contributed by atoms with Crippen molar-refractivity contribution < 1.29 is 38.1 Å². The molecule has 0 bridgehead atoms. The monoisotopic (exact) mass is 650 g/mol. The van der Waals surface area contributed by atoms with Crippen LogP contribution in [0.25, 0.3) is 22.3 Å². The van der Waals surface area contributed by atoms with Crippen LogP contribution in [0.2, 0.25) is 18.1 Å². The number of pyridine rings is 2. The molecular weight excluding hydrogens is 608 g/mol. The van der Waals surface area contributed by atoms with Gasteiger partial charge in [-0.15, -0.1) is 0 Å². The second-order valence-electron chi connectivity index (χ2n) is 14.5. The number of benzene rings is 1. The third-order valence-corrected chi connectivity index (χ3v) is 12.7. The van der Waals surface area contributed by atoms with Gasteiger partial charge in [0.15, 0.2) is 8.32 Å². The Kier molecular flexibility index (Phi) is 8.22. The van der Waals surface area contributed by atoms with Gasteiger partial charge in [-0.3, -0.25) is 9.59 Å². The van der Waals surface area contributed by atoms with E-state index in [9.17, 15) is 24.0 Å². The third-order valence-electron chi connectivity index (χ3n) is 9.19. The zero-order valence-corrected chi connectivity index (χ0v) is 28.9. The van der Waals surface area contributed by atoms with Crippen LogP contribution in [0.15, 0.2) is 35.1 Å². The number of rotatable bonds is 7. The molecule has 2 aliphatic rings. The number of nitrogens with zero attached hydrogens (tertiary/aromatic N) is 2. The quantitative estimate of drug-likeness (QED) is 0.110. The van der Waals surface area contributed by atoms with E-state index in [1.807, 2.05) is 33.0 Å². The summed E-state index contributed by atoms with van der Waals surface area (Å²) >= 11 is 0. The van der Waals surface area contributed by atoms with Gasteiger partial charge in [-0.2, -0.15) is 0 Å². The Morgan fingerprint density at radius 3 is 2.46 bits per heavy atom. The molecule has 12 heteroatoms. The molecule has 0 fully saturated rings. The van der Waals surface area contributed by atoms with Crippen molar-refractivity contribution in [3.63, 3.8) is 0 Å². The fourth-order valence-electron chi connectivity index (χ4n) is 5.92. The molecule has 0 saturated carbocycles. The highest BCUT2D eigenvalue weighted by Crippen LogP contribution is 2.44. The number of hydrogen-bond donors (Lipinski definition) is 1. The Balaban J connectivity index is 1.51. The molecule has 11 nitrogen and oxygen atoms in total. The van der Waals surface area contributed by atoms with Gasteiger partial charge in [0.05, 0.1) is 34.9 Å². The fourth-order valence-corrected chi connectivity index (χ4v) is 6.73. The van der Waals surface area contributed by atoms with Gasteiger partial charge in [-0.25, -0.2) is 14.6 Å². The lowest BCUT2D eigenvalue weighted by Crippen LogP contribution is -2.48. The van der Waals surface area contributed by atoms with Gasteiger partial charge in [0.25, 0.3) is 5.56 Å². The lowest BCUT2D eigenvalue weighted by atomic mass is 9.85. The van der Waals surface area contributed by atoms with Crippen LogP contribution in [-0.2, 0) is 42.6 Å². The minimum Gasteiger partial charge on any atom is -0.457 e. The molecule has 3 aromatic rings. The molecule has 0 saturated heterocycles. The molecule has 1 aromatic carbocycles. The molecule has 0 spiro atoms. The van der Waals surface area contributed by atoms with Gasteiger partial charge in [-0.1, -0.05) is 27.7 Å². The van der Waals surface area contributed by atoms with Crippen LogP contribution < -0.4 is 10.3 Å². The number of aromatic nitrogens is 2. The first kappa shape index (κ1) is 33.3. The maximum Gasteiger partial charge on any atom is 0.514 e. The third kappa shape index (κ3) is 5.95. The van der Waals surface area contributed by atoms with Crippen LogP contribution in [0, 0.1) is 5.92 Å². The van der Waals surface area contributed by atoms with E-state index in [0.29, 0.717) is 40.0 Å². The average Bonchev–Trinajstić information content (AvgIpc) is 3.29. The fraction of sp³-hybridized carbons (Fsp3) is 0.500. The van der Waals surface area contributed by atoms with Crippen molar-refractivity contribution in [3.8, 4) is 17.1 Å². The molecule has 0 aliphatic carbocycles. The second kappa shape index (κ2) is 11.3. The molecule has 2 aliphatic heterocycles. The van der Waals surface area contributed by atoms with Gasteiger partial charge in [-0.05, 0) is 82.1 Å². The first-order valence-electron chi connectivity index (χ1n) is 15.5. The van der Waals surface area contributed by atoms with Gasteiger partial charge < -0.3 is 28.3 Å². The molecule has 2 atom stereocenters. The molecular formula is C34H42N2O9Si. The van der Waals surface area contributed by atoms with Crippen LogP contribution in [0.5, 0.6) is 5.75 Å². The molecule has 0 radical (unpaired) electrons. The van der Waals surface area contributed by atoms with Gasteiger partial charge in [0.1, 0.15) is 18.0 Å². The SMILES string of the molecule is CC[C@@]1(OC(=O)[C@@H](C)CC(C)(C)[Si](C)(C)O)C(=O)OCc2c1cc1n(c2=O)Cc2cc3cc(OC(=O)OC(C)(C)C)ccc3nc2-1. The van der Waals surface area contributed by atoms with E-state index in [1.165, 1.54) is 0 Å². The Bertz CT molecular complexity index is 1820. The number of fused-ring (bicyclic) bond motifs is 5. The highest BCUT2D eigenvalue weighted by molar-refractivity contribution is 6.72. The van der Waals surface area contributed by atoms with Crippen LogP contribution in [-0.4, -0.2) is 46.4 Å². The minimum absolute atomic E-state index is 0.0578. The molecule has 2 aromatic heterocycles. The Morgan fingerprint density at radius 1 is 1.13 bits per heavy atom. The van der Waals surface area contributed by atoms with Crippen molar-refractivity contribution in [1.29, 1.82) is 0 Å². The van der Waals surface area contributed by atoms with E-state index >= 15 is 0 Å². The molecule has 4 heterocycles. The van der Waals surface area contributed by atoms with Crippen molar-refractivity contribution in [2.45, 2.75) is 104 Å². The summed E-state index contributed by atoms with van der Waals surface area (Å²) in [5, 5.41) is 0.211. The number of cyclic esters (lactones) is 1. The Hall–Kier alpha value is -4.03. The number of ether oxygens (including phenoxy) is 4. The normalized spacial score (nSPS) is 18.3. The van der Waals surface area contributed by atoms with E-state index in [-0.39, 0.29) is 30.7 Å². The van der Waals surface area contributed by atoms with E-state index in [0.717, 1.165) is 5.56 Å². The van der Waals surface area contributed by atoms with Crippen LogP contribution >= 0.6 is 0 Å². The zero-order chi connectivity index (χ0) is 34.0.